The molecule has 1 heterocycles. The standard InChI is InChI=1S/C11H22N2/c1-3-5-6-8-13-9-7-11(10-13)12-4-2/h3,5,11-12H,4,6-10H2,1-2H3/b5-3+. The Hall–Kier alpha value is -0.340. The fourth-order valence-electron chi connectivity index (χ4n) is 1.91. The van der Waals surface area contributed by atoms with Crippen molar-refractivity contribution in [2.24, 2.45) is 0 Å². The van der Waals surface area contributed by atoms with Crippen molar-refractivity contribution in [1.29, 1.82) is 0 Å². The molecule has 1 rings (SSSR count). The fraction of sp³-hybridized carbons (Fsp3) is 0.818. The first-order valence-electron chi connectivity index (χ1n) is 5.43. The van der Waals surface area contributed by atoms with E-state index in [1.165, 1.54) is 32.5 Å². The van der Waals surface area contributed by atoms with Crippen LogP contribution in [0.25, 0.3) is 0 Å². The maximum Gasteiger partial charge on any atom is 0.0207 e. The van der Waals surface area contributed by atoms with Crippen molar-refractivity contribution in [3.63, 3.8) is 0 Å². The van der Waals surface area contributed by atoms with Gasteiger partial charge in [-0.1, -0.05) is 19.1 Å². The molecule has 0 saturated carbocycles. The van der Waals surface area contributed by atoms with Crippen LogP contribution >= 0.6 is 0 Å². The van der Waals surface area contributed by atoms with Crippen LogP contribution in [0.4, 0.5) is 0 Å². The van der Waals surface area contributed by atoms with Gasteiger partial charge in [-0.2, -0.15) is 0 Å². The highest BCUT2D eigenvalue weighted by atomic mass is 15.2. The molecule has 1 atom stereocenters. The minimum atomic E-state index is 0.746. The first-order valence-corrected chi connectivity index (χ1v) is 5.43. The molecule has 0 spiro atoms. The van der Waals surface area contributed by atoms with Gasteiger partial charge in [0.25, 0.3) is 0 Å². The summed E-state index contributed by atoms with van der Waals surface area (Å²) >= 11 is 0. The number of allylic oxidation sites excluding steroid dienone is 1. The van der Waals surface area contributed by atoms with Crippen LogP contribution in [0, 0.1) is 0 Å². The van der Waals surface area contributed by atoms with E-state index in [0.29, 0.717) is 0 Å². The molecule has 2 nitrogen and oxygen atoms in total. The lowest BCUT2D eigenvalue weighted by molar-refractivity contribution is 0.335. The molecular weight excluding hydrogens is 160 g/mol. The third-order valence-corrected chi connectivity index (χ3v) is 2.61. The summed E-state index contributed by atoms with van der Waals surface area (Å²) in [5.41, 5.74) is 0. The summed E-state index contributed by atoms with van der Waals surface area (Å²) in [5, 5.41) is 3.51. The molecule has 0 radical (unpaired) electrons. The second kappa shape index (κ2) is 6.17. The number of hydrogen-bond donors (Lipinski definition) is 1. The third-order valence-electron chi connectivity index (χ3n) is 2.61. The van der Waals surface area contributed by atoms with E-state index in [-0.39, 0.29) is 0 Å². The summed E-state index contributed by atoms with van der Waals surface area (Å²) < 4.78 is 0. The second-order valence-corrected chi connectivity index (χ2v) is 3.70. The quantitative estimate of drug-likeness (QED) is 0.650. The Morgan fingerprint density at radius 1 is 1.54 bits per heavy atom. The minimum Gasteiger partial charge on any atom is -0.313 e. The number of likely N-dealkylation sites (tertiary alicyclic amines) is 1. The van der Waals surface area contributed by atoms with Crippen LogP contribution in [0.15, 0.2) is 12.2 Å². The highest BCUT2D eigenvalue weighted by Crippen LogP contribution is 2.09. The first kappa shape index (κ1) is 10.7. The van der Waals surface area contributed by atoms with Crippen LogP contribution in [0.2, 0.25) is 0 Å². The Morgan fingerprint density at radius 3 is 3.08 bits per heavy atom. The highest BCUT2D eigenvalue weighted by Gasteiger charge is 2.20. The van der Waals surface area contributed by atoms with E-state index in [1.807, 2.05) is 0 Å². The number of nitrogens with one attached hydrogen (secondary N) is 1. The number of likely N-dealkylation sites (N-methyl/N-ethyl adjacent to an activating group) is 1. The van der Waals surface area contributed by atoms with Gasteiger partial charge >= 0.3 is 0 Å². The molecule has 1 aliphatic rings. The Balaban J connectivity index is 2.10. The monoisotopic (exact) mass is 182 g/mol. The maximum absolute atomic E-state index is 3.51. The number of rotatable bonds is 5. The van der Waals surface area contributed by atoms with E-state index in [9.17, 15) is 0 Å². The van der Waals surface area contributed by atoms with Gasteiger partial charge in [-0.3, -0.25) is 0 Å². The van der Waals surface area contributed by atoms with Gasteiger partial charge in [-0.25, -0.2) is 0 Å². The summed E-state index contributed by atoms with van der Waals surface area (Å²) in [5.74, 6) is 0. The number of nitrogens with zero attached hydrogens (tertiary/aromatic N) is 1. The van der Waals surface area contributed by atoms with Crippen molar-refractivity contribution in [1.82, 2.24) is 10.2 Å². The first-order chi connectivity index (χ1) is 6.36. The molecule has 1 unspecified atom stereocenters. The van der Waals surface area contributed by atoms with E-state index >= 15 is 0 Å². The van der Waals surface area contributed by atoms with Gasteiger partial charge in [0, 0.05) is 19.1 Å². The molecule has 1 fully saturated rings. The Labute approximate surface area is 82.0 Å². The van der Waals surface area contributed by atoms with Crippen molar-refractivity contribution in [3.8, 4) is 0 Å². The topological polar surface area (TPSA) is 15.3 Å². The van der Waals surface area contributed by atoms with Crippen molar-refractivity contribution in [3.05, 3.63) is 12.2 Å². The smallest absolute Gasteiger partial charge is 0.0207 e. The molecule has 1 saturated heterocycles. The maximum atomic E-state index is 3.51. The SMILES string of the molecule is C/C=C/CCN1CCC(NCC)C1. The zero-order chi connectivity index (χ0) is 9.52. The molecule has 0 amide bonds. The van der Waals surface area contributed by atoms with Gasteiger partial charge < -0.3 is 10.2 Å². The van der Waals surface area contributed by atoms with Crippen LogP contribution < -0.4 is 5.32 Å². The van der Waals surface area contributed by atoms with E-state index in [0.717, 1.165) is 12.6 Å². The van der Waals surface area contributed by atoms with Crippen LogP contribution in [0.1, 0.15) is 26.7 Å². The Kier molecular flexibility index (Phi) is 5.09. The van der Waals surface area contributed by atoms with Gasteiger partial charge in [0.1, 0.15) is 0 Å². The van der Waals surface area contributed by atoms with Crippen LogP contribution in [-0.4, -0.2) is 37.1 Å². The van der Waals surface area contributed by atoms with Gasteiger partial charge in [0.15, 0.2) is 0 Å². The van der Waals surface area contributed by atoms with Gasteiger partial charge in [-0.05, 0) is 32.9 Å². The van der Waals surface area contributed by atoms with Crippen LogP contribution in [-0.2, 0) is 0 Å². The molecular formula is C11H22N2. The average Bonchev–Trinajstić information content (AvgIpc) is 2.54. The van der Waals surface area contributed by atoms with E-state index < -0.39 is 0 Å². The summed E-state index contributed by atoms with van der Waals surface area (Å²) in [6.45, 7) is 9.12. The summed E-state index contributed by atoms with van der Waals surface area (Å²) in [7, 11) is 0. The molecule has 76 valence electrons. The summed E-state index contributed by atoms with van der Waals surface area (Å²) in [6.07, 6.45) is 6.91. The van der Waals surface area contributed by atoms with Crippen molar-refractivity contribution >= 4 is 0 Å². The molecule has 0 aromatic heterocycles. The van der Waals surface area contributed by atoms with Crippen molar-refractivity contribution < 1.29 is 0 Å². The van der Waals surface area contributed by atoms with Crippen LogP contribution in [0.5, 0.6) is 0 Å². The Bertz CT molecular complexity index is 154. The predicted octanol–water partition coefficient (Wildman–Crippen LogP) is 1.64. The number of hydrogen-bond acceptors (Lipinski definition) is 2. The van der Waals surface area contributed by atoms with Crippen molar-refractivity contribution in [2.45, 2.75) is 32.7 Å². The molecule has 0 aliphatic carbocycles. The summed E-state index contributed by atoms with van der Waals surface area (Å²) in [4.78, 5) is 2.55. The molecule has 0 bridgehead atoms. The van der Waals surface area contributed by atoms with Crippen molar-refractivity contribution in [2.75, 3.05) is 26.2 Å². The summed E-state index contributed by atoms with van der Waals surface area (Å²) in [6, 6.07) is 0.746. The van der Waals surface area contributed by atoms with E-state index in [4.69, 9.17) is 0 Å². The zero-order valence-electron chi connectivity index (χ0n) is 8.92. The Morgan fingerprint density at radius 2 is 2.38 bits per heavy atom. The van der Waals surface area contributed by atoms with Gasteiger partial charge in [0.05, 0.1) is 0 Å². The third kappa shape index (κ3) is 3.92. The predicted molar refractivity (Wildman–Crippen MR) is 58.0 cm³/mol. The average molecular weight is 182 g/mol. The molecule has 1 aliphatic heterocycles. The zero-order valence-corrected chi connectivity index (χ0v) is 8.92. The molecule has 0 aromatic rings. The minimum absolute atomic E-state index is 0.746. The lowest BCUT2D eigenvalue weighted by Gasteiger charge is -2.14. The fourth-order valence-corrected chi connectivity index (χ4v) is 1.91. The van der Waals surface area contributed by atoms with Gasteiger partial charge in [0.2, 0.25) is 0 Å². The second-order valence-electron chi connectivity index (χ2n) is 3.70. The lowest BCUT2D eigenvalue weighted by atomic mass is 10.3. The molecule has 13 heavy (non-hydrogen) atoms. The van der Waals surface area contributed by atoms with Gasteiger partial charge in [-0.15, -0.1) is 0 Å². The largest absolute Gasteiger partial charge is 0.313 e. The molecule has 1 N–H and O–H groups in total. The molecule has 2 heteroatoms. The highest BCUT2D eigenvalue weighted by molar-refractivity contribution is 4.83. The van der Waals surface area contributed by atoms with E-state index in [1.54, 1.807) is 0 Å². The van der Waals surface area contributed by atoms with Crippen LogP contribution in [0.3, 0.4) is 0 Å². The molecule has 0 aromatic carbocycles. The normalized spacial score (nSPS) is 24.6. The van der Waals surface area contributed by atoms with E-state index in [2.05, 4.69) is 36.2 Å². The lowest BCUT2D eigenvalue weighted by Crippen LogP contribution is -2.32.